The summed E-state index contributed by atoms with van der Waals surface area (Å²) in [5.41, 5.74) is 6.61. The van der Waals surface area contributed by atoms with Crippen LogP contribution in [0.1, 0.15) is 27.7 Å². The molecule has 39 heavy (non-hydrogen) atoms. The third-order valence-electron chi connectivity index (χ3n) is 7.37. The van der Waals surface area contributed by atoms with Crippen LogP contribution in [-0.2, 0) is 4.65 Å². The molecule has 1 aromatic heterocycles. The lowest BCUT2D eigenvalue weighted by Gasteiger charge is -2.37. The number of aromatic nitrogens is 2. The van der Waals surface area contributed by atoms with Crippen LogP contribution in [0.25, 0.3) is 45.0 Å². The lowest BCUT2D eigenvalue weighted by molar-refractivity contribution is -0.0893. The summed E-state index contributed by atoms with van der Waals surface area (Å²) >= 11 is 0. The zero-order chi connectivity index (χ0) is 27.5. The Labute approximate surface area is 231 Å². The molecular formula is C34H33BN2O2. The van der Waals surface area contributed by atoms with Gasteiger partial charge in [0.15, 0.2) is 5.82 Å². The molecule has 0 fully saturated rings. The van der Waals surface area contributed by atoms with Gasteiger partial charge in [0.1, 0.15) is 0 Å². The van der Waals surface area contributed by atoms with E-state index in [1.54, 1.807) is 13.8 Å². The van der Waals surface area contributed by atoms with Crippen LogP contribution in [0.15, 0.2) is 115 Å². The first-order valence-electron chi connectivity index (χ1n) is 13.3. The SMILES string of the molecule is CC(C)(O)C(C)(C)OBc1ccc(-c2ccc(-c3cc(-c4ccccc4)nc(-c4ccccc4)n3)cc2)cc1. The van der Waals surface area contributed by atoms with Gasteiger partial charge in [0.25, 0.3) is 0 Å². The van der Waals surface area contributed by atoms with E-state index in [4.69, 9.17) is 14.6 Å². The Hall–Kier alpha value is -4.06. The van der Waals surface area contributed by atoms with Crippen molar-refractivity contribution in [1.29, 1.82) is 0 Å². The van der Waals surface area contributed by atoms with Crippen molar-refractivity contribution < 1.29 is 9.76 Å². The molecule has 5 heteroatoms. The van der Waals surface area contributed by atoms with Crippen LogP contribution in [0.2, 0.25) is 0 Å². The summed E-state index contributed by atoms with van der Waals surface area (Å²) < 4.78 is 6.01. The highest BCUT2D eigenvalue weighted by atomic mass is 16.5. The molecule has 0 bridgehead atoms. The van der Waals surface area contributed by atoms with E-state index in [0.29, 0.717) is 13.3 Å². The number of benzene rings is 4. The largest absolute Gasteiger partial charge is 0.427 e. The van der Waals surface area contributed by atoms with E-state index in [1.165, 1.54) is 0 Å². The number of hydrogen-bond acceptors (Lipinski definition) is 4. The van der Waals surface area contributed by atoms with Gasteiger partial charge in [0.05, 0.1) is 22.6 Å². The maximum absolute atomic E-state index is 10.3. The molecule has 0 spiro atoms. The maximum atomic E-state index is 10.3. The summed E-state index contributed by atoms with van der Waals surface area (Å²) in [5, 5.41) is 10.3. The lowest BCUT2D eigenvalue weighted by atomic mass is 9.82. The highest BCUT2D eigenvalue weighted by Crippen LogP contribution is 2.29. The average Bonchev–Trinajstić information content (AvgIpc) is 2.97. The third kappa shape index (κ3) is 6.17. The predicted molar refractivity (Wildman–Crippen MR) is 162 cm³/mol. The van der Waals surface area contributed by atoms with Crippen molar-refractivity contribution in [1.82, 2.24) is 9.97 Å². The molecule has 0 radical (unpaired) electrons. The van der Waals surface area contributed by atoms with Crippen molar-refractivity contribution in [2.24, 2.45) is 0 Å². The summed E-state index contributed by atoms with van der Waals surface area (Å²) in [4.78, 5) is 9.81. The molecule has 5 aromatic rings. The number of hydrogen-bond donors (Lipinski definition) is 1. The Morgan fingerprint density at radius 3 is 1.51 bits per heavy atom. The fourth-order valence-corrected chi connectivity index (χ4v) is 4.14. The Morgan fingerprint density at radius 2 is 1.00 bits per heavy atom. The molecule has 4 aromatic carbocycles. The molecular weight excluding hydrogens is 479 g/mol. The molecule has 0 atom stereocenters. The zero-order valence-electron chi connectivity index (χ0n) is 22.9. The van der Waals surface area contributed by atoms with Crippen LogP contribution in [0.3, 0.4) is 0 Å². The van der Waals surface area contributed by atoms with E-state index in [-0.39, 0.29) is 0 Å². The third-order valence-corrected chi connectivity index (χ3v) is 7.37. The first kappa shape index (κ1) is 26.5. The van der Waals surface area contributed by atoms with Gasteiger partial charge in [-0.05, 0) is 44.9 Å². The lowest BCUT2D eigenvalue weighted by Crippen LogP contribution is -2.49. The van der Waals surface area contributed by atoms with Crippen molar-refractivity contribution in [3.8, 4) is 45.0 Å². The minimum Gasteiger partial charge on any atom is -0.427 e. The molecule has 0 aliphatic rings. The Balaban J connectivity index is 1.39. The molecule has 5 rings (SSSR count). The quantitative estimate of drug-likeness (QED) is 0.236. The van der Waals surface area contributed by atoms with Crippen molar-refractivity contribution >= 4 is 12.9 Å². The minimum atomic E-state index is -0.928. The van der Waals surface area contributed by atoms with E-state index in [9.17, 15) is 5.11 Å². The monoisotopic (exact) mass is 512 g/mol. The summed E-state index contributed by atoms with van der Waals surface area (Å²) in [7, 11) is 0.442. The van der Waals surface area contributed by atoms with Crippen LogP contribution in [-0.4, -0.2) is 33.8 Å². The van der Waals surface area contributed by atoms with Crippen molar-refractivity contribution in [2.75, 3.05) is 0 Å². The fourth-order valence-electron chi connectivity index (χ4n) is 4.14. The molecule has 4 nitrogen and oxygen atoms in total. The Bertz CT molecular complexity index is 1470. The molecule has 0 aliphatic carbocycles. The van der Waals surface area contributed by atoms with E-state index >= 15 is 0 Å². The smallest absolute Gasteiger partial charge is 0.309 e. The second kappa shape index (κ2) is 11.0. The number of nitrogens with zero attached hydrogens (tertiary/aromatic N) is 2. The highest BCUT2D eigenvalue weighted by Gasteiger charge is 2.35. The van der Waals surface area contributed by atoms with Crippen LogP contribution >= 0.6 is 0 Å². The number of rotatable bonds is 8. The number of aliphatic hydroxyl groups is 1. The normalized spacial score (nSPS) is 11.8. The van der Waals surface area contributed by atoms with E-state index in [1.807, 2.05) is 62.4 Å². The predicted octanol–water partition coefficient (Wildman–Crippen LogP) is 6.69. The van der Waals surface area contributed by atoms with Crippen molar-refractivity contribution in [3.63, 3.8) is 0 Å². The van der Waals surface area contributed by atoms with Gasteiger partial charge < -0.3 is 9.76 Å². The minimum absolute atomic E-state index is 0.442. The van der Waals surface area contributed by atoms with E-state index < -0.39 is 11.2 Å². The maximum Gasteiger partial charge on any atom is 0.309 e. The van der Waals surface area contributed by atoms with Gasteiger partial charge in [0, 0.05) is 16.7 Å². The van der Waals surface area contributed by atoms with Gasteiger partial charge in [-0.3, -0.25) is 0 Å². The molecule has 0 unspecified atom stereocenters. The fraction of sp³-hybridized carbons (Fsp3) is 0.176. The Kier molecular flexibility index (Phi) is 7.47. The average molecular weight is 512 g/mol. The molecule has 0 saturated heterocycles. The van der Waals surface area contributed by atoms with Crippen LogP contribution in [0.5, 0.6) is 0 Å². The zero-order valence-corrected chi connectivity index (χ0v) is 22.9. The van der Waals surface area contributed by atoms with E-state index in [2.05, 4.69) is 66.7 Å². The molecule has 0 aliphatic heterocycles. The topological polar surface area (TPSA) is 55.2 Å². The highest BCUT2D eigenvalue weighted by molar-refractivity contribution is 6.47. The van der Waals surface area contributed by atoms with Crippen LogP contribution < -0.4 is 5.46 Å². The first-order valence-corrected chi connectivity index (χ1v) is 13.3. The standard InChI is InChI=1S/C34H33BN2O2/c1-33(2,38)34(3,4)39-35-29-21-19-25(20-22-29)24-15-17-27(18-16-24)31-23-30(26-11-7-5-8-12-26)36-32(37-31)28-13-9-6-10-14-28/h5-23,35,38H,1-4H3. The van der Waals surface area contributed by atoms with Gasteiger partial charge in [-0.25, -0.2) is 9.97 Å². The van der Waals surface area contributed by atoms with Gasteiger partial charge in [0.2, 0.25) is 0 Å². The molecule has 0 saturated carbocycles. The van der Waals surface area contributed by atoms with Crippen LogP contribution in [0.4, 0.5) is 0 Å². The summed E-state index contributed by atoms with van der Waals surface area (Å²) in [6, 6.07) is 39.2. The molecule has 1 heterocycles. The van der Waals surface area contributed by atoms with Crippen molar-refractivity contribution in [2.45, 2.75) is 38.9 Å². The summed E-state index contributed by atoms with van der Waals surface area (Å²) in [5.74, 6) is 0.710. The second-order valence-electron chi connectivity index (χ2n) is 10.8. The second-order valence-corrected chi connectivity index (χ2v) is 10.8. The van der Waals surface area contributed by atoms with Gasteiger partial charge >= 0.3 is 7.48 Å². The van der Waals surface area contributed by atoms with E-state index in [0.717, 1.165) is 44.7 Å². The summed E-state index contributed by atoms with van der Waals surface area (Å²) in [6.07, 6.45) is 0. The van der Waals surface area contributed by atoms with Crippen molar-refractivity contribution in [3.05, 3.63) is 115 Å². The van der Waals surface area contributed by atoms with Gasteiger partial charge in [-0.1, -0.05) is 115 Å². The molecule has 0 amide bonds. The molecule has 194 valence electrons. The van der Waals surface area contributed by atoms with Gasteiger partial charge in [-0.2, -0.15) is 0 Å². The summed E-state index contributed by atoms with van der Waals surface area (Å²) in [6.45, 7) is 7.36. The van der Waals surface area contributed by atoms with Gasteiger partial charge in [-0.15, -0.1) is 0 Å². The first-order chi connectivity index (χ1) is 18.7. The van der Waals surface area contributed by atoms with Crippen LogP contribution in [0, 0.1) is 0 Å². The molecule has 1 N–H and O–H groups in total. The Morgan fingerprint density at radius 1 is 0.564 bits per heavy atom.